The van der Waals surface area contributed by atoms with E-state index in [1.54, 1.807) is 106 Å². The number of nitrogens with zero attached hydrogens (tertiary/aromatic N) is 5. The number of anilines is 5. The van der Waals surface area contributed by atoms with Gasteiger partial charge >= 0.3 is 0 Å². The summed E-state index contributed by atoms with van der Waals surface area (Å²) in [6.45, 7) is 33.0. The first kappa shape index (κ1) is 90.9. The minimum atomic E-state index is -1.70. The van der Waals surface area contributed by atoms with Crippen LogP contribution in [0.15, 0.2) is 152 Å². The van der Waals surface area contributed by atoms with E-state index in [-0.39, 0.29) is 72.8 Å². The summed E-state index contributed by atoms with van der Waals surface area (Å²) in [4.78, 5) is 82.5. The largest absolute Gasteiger partial charge is 0.495 e. The standard InChI is InChI=1S/C36H40ClF2N3O3.C35H37ClFN3O3.C26H34FN5O2/c1-20-12-14-23(25(38)16-20)36(19-40)28(18-34(2,3)4)42-31(29(36)22-10-9-11-24(37)30(22)39)33(44)41-26-15-13-21(17-27(26)45-8)32(43)35(5,6)7;1-20-11-16-24-26(19-20)39-32(43)35(24)27(23-9-8-10-25(36)28(23)37)29(40-34(35)17-6-5-7-18-34)31(42)38-22-14-12-21(13-15-22)30(41)33(2,3)4;1-18(2)32-11-9-31(10-12-32)8-5-13-34-25-15-21-23(16-24(25)33-4)28-17-29-26(21)30-20-6-7-22(27)19(3)14-20/h9-17,28-29,31,42H,18H2,1-8H3,(H,41,44);8-16,19,27,29,40H,5-7,17-18H2,1-4H3,(H,38,42)(H,39,43);6-7,14-18H,5,8-13H2,1-4H3,(H,28,29,30)/t28-,29-,31+,36?;27-,29+,35-;/m00./s1. The lowest BCUT2D eigenvalue weighted by Crippen LogP contribution is -2.60. The second-order valence-corrected chi connectivity index (χ2v) is 37.2. The van der Waals surface area contributed by atoms with E-state index in [4.69, 9.17) is 37.4 Å². The third-order valence-corrected chi connectivity index (χ3v) is 24.9. The Hall–Kier alpha value is -10.3. The molecule has 8 aromatic carbocycles. The van der Waals surface area contributed by atoms with Crippen molar-refractivity contribution >= 4 is 92.0 Å². The van der Waals surface area contributed by atoms with Crippen LogP contribution in [0.25, 0.3) is 10.9 Å². The SMILES string of the molecule is COc1cc(C(=O)C(C)(C)C)ccc1NC(=O)[C@@H]1N[C@@H](CC(C)(C)C)C(C#N)(c2ccc(C)cc2F)[C@H]1c1cccc(Cl)c1F.COc1cc2ncnc(Nc3ccc(F)c(C)c3)c2cc1OCCCN1CCN(C(C)C)CC1.Cc1ccc2c(c1)NC(=O)[C@@]21[C@@H](c2cccc(Cl)c2F)[C@H](C(=O)Nc2ccc(C(=O)C(C)(C)C)cc2)NC12CCCCC2. The molecule has 2 spiro atoms. The Kier molecular flexibility index (Phi) is 27.6. The minimum Gasteiger partial charge on any atom is -0.495 e. The van der Waals surface area contributed by atoms with Crippen molar-refractivity contribution in [1.29, 1.82) is 5.26 Å². The summed E-state index contributed by atoms with van der Waals surface area (Å²) >= 11 is 12.6. The number of nitriles is 1. The molecule has 14 rings (SSSR count). The molecule has 7 atom stereocenters. The summed E-state index contributed by atoms with van der Waals surface area (Å²) < 4.78 is 78.8. The normalized spacial score (nSPS) is 20.7. The van der Waals surface area contributed by atoms with Gasteiger partial charge in [-0.2, -0.15) is 5.26 Å². The van der Waals surface area contributed by atoms with E-state index in [0.717, 1.165) is 86.1 Å². The second kappa shape index (κ2) is 37.0. The monoisotopic (exact) mass is 1700 g/mol. The van der Waals surface area contributed by atoms with Gasteiger partial charge in [-0.3, -0.25) is 34.2 Å². The van der Waals surface area contributed by atoms with Crippen LogP contribution in [-0.2, 0) is 25.2 Å². The van der Waals surface area contributed by atoms with E-state index < -0.39 is 80.5 Å². The summed E-state index contributed by atoms with van der Waals surface area (Å²) in [6.07, 6.45) is 6.92. The molecule has 644 valence electrons. The van der Waals surface area contributed by atoms with Crippen LogP contribution in [0, 0.1) is 71.6 Å². The number of aryl methyl sites for hydroxylation is 3. The van der Waals surface area contributed by atoms with Crippen LogP contribution < -0.4 is 46.1 Å². The Bertz CT molecular complexity index is 5460. The number of nitrogens with one attached hydrogen (secondary N) is 6. The molecule has 0 radical (unpaired) electrons. The van der Waals surface area contributed by atoms with Crippen LogP contribution in [-0.4, -0.2) is 132 Å². The molecule has 3 amide bonds. The van der Waals surface area contributed by atoms with Crippen molar-refractivity contribution in [3.05, 3.63) is 235 Å². The van der Waals surface area contributed by atoms with Crippen molar-refractivity contribution in [3.8, 4) is 23.3 Å². The predicted octanol–water partition coefficient (Wildman–Crippen LogP) is 20.1. The van der Waals surface area contributed by atoms with Gasteiger partial charge in [0.15, 0.2) is 23.1 Å². The maximum atomic E-state index is 16.0. The van der Waals surface area contributed by atoms with Gasteiger partial charge in [0.2, 0.25) is 17.7 Å². The highest BCUT2D eigenvalue weighted by Gasteiger charge is 2.72. The maximum absolute atomic E-state index is 16.0. The van der Waals surface area contributed by atoms with Crippen LogP contribution in [0.2, 0.25) is 10.0 Å². The lowest BCUT2D eigenvalue weighted by molar-refractivity contribution is -0.124. The van der Waals surface area contributed by atoms with Crippen molar-refractivity contribution in [1.82, 2.24) is 30.4 Å². The van der Waals surface area contributed by atoms with Gasteiger partial charge in [0.1, 0.15) is 52.0 Å². The van der Waals surface area contributed by atoms with Crippen LogP contribution in [0.1, 0.15) is 193 Å². The third kappa shape index (κ3) is 18.8. The zero-order chi connectivity index (χ0) is 88.3. The molecular formula is C97H111Cl2F4N11O8. The number of methoxy groups -OCH3 is 2. The third-order valence-electron chi connectivity index (χ3n) is 24.3. The van der Waals surface area contributed by atoms with E-state index in [9.17, 15) is 33.6 Å². The number of hydrogen-bond acceptors (Lipinski definition) is 16. The summed E-state index contributed by atoms with van der Waals surface area (Å²) in [7, 11) is 3.05. The number of piperazine rings is 1. The maximum Gasteiger partial charge on any atom is 0.242 e. The molecular weight excluding hydrogens is 1590 g/mol. The van der Waals surface area contributed by atoms with E-state index in [1.165, 1.54) is 43.8 Å². The van der Waals surface area contributed by atoms with E-state index in [2.05, 4.69) is 71.6 Å². The minimum absolute atomic E-state index is 0.00154. The number of carbonyl (C=O) groups excluding carboxylic acids is 5. The Morgan fingerprint density at radius 3 is 1.84 bits per heavy atom. The molecule has 1 unspecified atom stereocenters. The van der Waals surface area contributed by atoms with Crippen LogP contribution >= 0.6 is 23.2 Å². The molecule has 1 aromatic heterocycles. The molecule has 19 nitrogen and oxygen atoms in total. The van der Waals surface area contributed by atoms with Gasteiger partial charge in [0.25, 0.3) is 0 Å². The molecule has 122 heavy (non-hydrogen) atoms. The first-order chi connectivity index (χ1) is 57.8. The zero-order valence-electron chi connectivity index (χ0n) is 72.4. The van der Waals surface area contributed by atoms with Gasteiger partial charge in [-0.25, -0.2) is 27.5 Å². The number of rotatable bonds is 20. The molecule has 4 fully saturated rings. The molecule has 5 aliphatic rings. The Morgan fingerprint density at radius 2 is 1.24 bits per heavy atom. The van der Waals surface area contributed by atoms with Gasteiger partial charge in [0.05, 0.1) is 60.2 Å². The molecule has 1 saturated carbocycles. The fraction of sp³-hybridized carbons (Fsp3) is 0.423. The number of amides is 3. The number of Topliss-reactive ketones (excluding diaryl/α,β-unsaturated/α-hetero) is 2. The van der Waals surface area contributed by atoms with Gasteiger partial charge < -0.3 is 45.7 Å². The van der Waals surface area contributed by atoms with E-state index in [0.29, 0.717) is 82.9 Å². The van der Waals surface area contributed by atoms with Crippen LogP contribution in [0.5, 0.6) is 17.2 Å². The van der Waals surface area contributed by atoms with Crippen LogP contribution in [0.4, 0.5) is 46.1 Å². The molecule has 1 aliphatic carbocycles. The summed E-state index contributed by atoms with van der Waals surface area (Å²) in [6, 6.07) is 40.0. The average Bonchev–Trinajstić information content (AvgIpc) is 1.50. The van der Waals surface area contributed by atoms with Gasteiger partial charge in [0, 0.05) is 118 Å². The topological polar surface area (TPSA) is 241 Å². The number of hydrogen-bond donors (Lipinski definition) is 6. The first-order valence-corrected chi connectivity index (χ1v) is 42.5. The second-order valence-electron chi connectivity index (χ2n) is 36.4. The quantitative estimate of drug-likeness (QED) is 0.0236. The van der Waals surface area contributed by atoms with Gasteiger partial charge in [-0.15, -0.1) is 0 Å². The number of benzene rings is 8. The molecule has 9 aromatic rings. The first-order valence-electron chi connectivity index (χ1n) is 41.7. The number of aromatic nitrogens is 2. The highest BCUT2D eigenvalue weighted by molar-refractivity contribution is 6.31. The molecule has 5 heterocycles. The molecule has 3 saturated heterocycles. The smallest absolute Gasteiger partial charge is 0.242 e. The van der Waals surface area contributed by atoms with E-state index in [1.807, 2.05) is 99.6 Å². The highest BCUT2D eigenvalue weighted by Crippen LogP contribution is 2.63. The number of carbonyl (C=O) groups is 5. The van der Waals surface area contributed by atoms with Gasteiger partial charge in [-0.1, -0.05) is 153 Å². The lowest BCUT2D eigenvalue weighted by Gasteiger charge is -2.47. The number of fused-ring (bicyclic) bond motifs is 4. The summed E-state index contributed by atoms with van der Waals surface area (Å²) in [5, 5.41) is 30.9. The zero-order valence-corrected chi connectivity index (χ0v) is 73.9. The highest BCUT2D eigenvalue weighted by atomic mass is 35.5. The summed E-state index contributed by atoms with van der Waals surface area (Å²) in [5.74, 6) is -3.44. The van der Waals surface area contributed by atoms with Crippen molar-refractivity contribution in [2.24, 2.45) is 16.2 Å². The lowest BCUT2D eigenvalue weighted by atomic mass is 9.55. The number of ether oxygens (including phenoxy) is 3. The van der Waals surface area contributed by atoms with Crippen molar-refractivity contribution < 1.29 is 55.7 Å². The molecule has 25 heteroatoms. The fourth-order valence-corrected chi connectivity index (χ4v) is 18.6. The average molecular weight is 1710 g/mol. The predicted molar refractivity (Wildman–Crippen MR) is 474 cm³/mol. The molecule has 4 aliphatic heterocycles. The van der Waals surface area contributed by atoms with Crippen molar-refractivity contribution in [2.75, 3.05) is 74.8 Å². The number of halogens is 6. The fourth-order valence-electron chi connectivity index (χ4n) is 18.3. The Labute approximate surface area is 723 Å². The van der Waals surface area contributed by atoms with Gasteiger partial charge in [-0.05, 0) is 190 Å². The summed E-state index contributed by atoms with van der Waals surface area (Å²) in [5.41, 5.74) is 2.02. The molecule has 6 N–H and O–H groups in total. The van der Waals surface area contributed by atoms with Crippen LogP contribution in [0.3, 0.4) is 0 Å². The van der Waals surface area contributed by atoms with Crippen molar-refractivity contribution in [3.63, 3.8) is 0 Å². The Balaban J connectivity index is 0.000000169. The number of ketones is 2. The molecule has 0 bridgehead atoms. The van der Waals surface area contributed by atoms with Crippen molar-refractivity contribution in [2.45, 2.75) is 194 Å². The Morgan fingerprint density at radius 1 is 0.639 bits per heavy atom. The van der Waals surface area contributed by atoms with E-state index >= 15 is 13.2 Å².